The molecule has 0 saturated carbocycles. The van der Waals surface area contributed by atoms with Gasteiger partial charge in [-0.3, -0.25) is 0 Å². The van der Waals surface area contributed by atoms with Crippen LogP contribution in [0.25, 0.3) is 0 Å². The maximum absolute atomic E-state index is 5.75. The molecule has 1 heterocycles. The van der Waals surface area contributed by atoms with E-state index in [4.69, 9.17) is 4.74 Å². The summed E-state index contributed by atoms with van der Waals surface area (Å²) in [4.78, 5) is 8.12. The molecule has 0 fully saturated rings. The number of hydrogen-bond acceptors (Lipinski definition) is 4. The largest absolute Gasteiger partial charge is 0.470 e. The van der Waals surface area contributed by atoms with Crippen LogP contribution in [0.4, 0.5) is 5.82 Å². The molecular weight excluding hydrogens is 214 g/mol. The molecule has 88 valence electrons. The van der Waals surface area contributed by atoms with Gasteiger partial charge in [-0.05, 0) is 12.5 Å². The highest BCUT2D eigenvalue weighted by Gasteiger charge is 2.07. The Hall–Kier alpha value is -2.10. The van der Waals surface area contributed by atoms with Gasteiger partial charge in [-0.1, -0.05) is 30.3 Å². The normalized spacial score (nSPS) is 11.9. The first-order valence-corrected chi connectivity index (χ1v) is 5.51. The molecule has 0 spiro atoms. The molecule has 17 heavy (non-hydrogen) atoms. The number of nitrogens with one attached hydrogen (secondary N) is 1. The van der Waals surface area contributed by atoms with Gasteiger partial charge in [0.05, 0.1) is 0 Å². The average Bonchev–Trinajstić information content (AvgIpc) is 2.40. The predicted octanol–water partition coefficient (Wildman–Crippen LogP) is 2.66. The highest BCUT2D eigenvalue weighted by Crippen LogP contribution is 2.20. The zero-order valence-corrected chi connectivity index (χ0v) is 9.92. The van der Waals surface area contributed by atoms with Crippen LogP contribution in [0.1, 0.15) is 18.6 Å². The van der Waals surface area contributed by atoms with E-state index >= 15 is 0 Å². The van der Waals surface area contributed by atoms with Gasteiger partial charge in [0, 0.05) is 13.1 Å². The van der Waals surface area contributed by atoms with E-state index < -0.39 is 0 Å². The van der Waals surface area contributed by atoms with E-state index in [1.807, 2.05) is 44.3 Å². The van der Waals surface area contributed by atoms with Gasteiger partial charge in [0.1, 0.15) is 18.2 Å². The molecule has 0 radical (unpaired) electrons. The number of ether oxygens (including phenoxy) is 1. The first-order valence-electron chi connectivity index (χ1n) is 5.51. The summed E-state index contributed by atoms with van der Waals surface area (Å²) in [7, 11) is 1.81. The van der Waals surface area contributed by atoms with Crippen molar-refractivity contribution >= 4 is 5.82 Å². The molecular formula is C13H15N3O. The molecule has 0 amide bonds. The quantitative estimate of drug-likeness (QED) is 0.875. The van der Waals surface area contributed by atoms with Crippen molar-refractivity contribution in [1.29, 1.82) is 0 Å². The van der Waals surface area contributed by atoms with Crippen molar-refractivity contribution in [3.05, 3.63) is 48.3 Å². The molecule has 0 aliphatic heterocycles. The minimum atomic E-state index is -0.0317. The summed E-state index contributed by atoms with van der Waals surface area (Å²) in [6.45, 7) is 2.00. The molecule has 0 saturated heterocycles. The van der Waals surface area contributed by atoms with Gasteiger partial charge in [-0.15, -0.1) is 0 Å². The smallest absolute Gasteiger partial charge is 0.219 e. The molecule has 2 aromatic rings. The Morgan fingerprint density at radius 2 is 1.94 bits per heavy atom. The van der Waals surface area contributed by atoms with Gasteiger partial charge in [0.15, 0.2) is 0 Å². The van der Waals surface area contributed by atoms with E-state index in [1.165, 1.54) is 6.33 Å². The Morgan fingerprint density at radius 3 is 2.65 bits per heavy atom. The number of benzene rings is 1. The summed E-state index contributed by atoms with van der Waals surface area (Å²) >= 11 is 0. The Balaban J connectivity index is 2.10. The van der Waals surface area contributed by atoms with Crippen LogP contribution in [0.15, 0.2) is 42.7 Å². The monoisotopic (exact) mass is 229 g/mol. The number of anilines is 1. The summed E-state index contributed by atoms with van der Waals surface area (Å²) in [6, 6.07) is 11.8. The van der Waals surface area contributed by atoms with Crippen LogP contribution in [0.2, 0.25) is 0 Å². The van der Waals surface area contributed by atoms with Gasteiger partial charge in [-0.2, -0.15) is 0 Å². The van der Waals surface area contributed by atoms with Gasteiger partial charge < -0.3 is 10.1 Å². The molecule has 2 rings (SSSR count). The molecule has 4 nitrogen and oxygen atoms in total. The second-order valence-electron chi connectivity index (χ2n) is 3.66. The van der Waals surface area contributed by atoms with E-state index in [0.29, 0.717) is 5.88 Å². The van der Waals surface area contributed by atoms with E-state index in [2.05, 4.69) is 15.3 Å². The molecule has 0 aliphatic rings. The maximum atomic E-state index is 5.75. The van der Waals surface area contributed by atoms with E-state index in [9.17, 15) is 0 Å². The van der Waals surface area contributed by atoms with Crippen molar-refractivity contribution in [3.8, 4) is 5.88 Å². The fourth-order valence-electron chi connectivity index (χ4n) is 1.51. The van der Waals surface area contributed by atoms with Crippen LogP contribution >= 0.6 is 0 Å². The number of aromatic nitrogens is 2. The molecule has 1 N–H and O–H groups in total. The molecule has 0 bridgehead atoms. The highest BCUT2D eigenvalue weighted by molar-refractivity contribution is 5.36. The minimum absolute atomic E-state index is 0.0317. The lowest BCUT2D eigenvalue weighted by Gasteiger charge is -2.14. The van der Waals surface area contributed by atoms with Crippen molar-refractivity contribution in [2.75, 3.05) is 12.4 Å². The third-order valence-electron chi connectivity index (χ3n) is 2.46. The first kappa shape index (κ1) is 11.4. The fraction of sp³-hybridized carbons (Fsp3) is 0.231. The van der Waals surface area contributed by atoms with Crippen LogP contribution in [0.5, 0.6) is 5.88 Å². The first-order chi connectivity index (χ1) is 8.29. The van der Waals surface area contributed by atoms with Gasteiger partial charge in [-0.25, -0.2) is 9.97 Å². The van der Waals surface area contributed by atoms with Crippen LogP contribution < -0.4 is 10.1 Å². The van der Waals surface area contributed by atoms with Gasteiger partial charge in [0.25, 0.3) is 0 Å². The third-order valence-corrected chi connectivity index (χ3v) is 2.46. The van der Waals surface area contributed by atoms with Crippen LogP contribution in [-0.4, -0.2) is 17.0 Å². The molecule has 1 unspecified atom stereocenters. The number of nitrogens with zero attached hydrogens (tertiary/aromatic N) is 2. The molecule has 1 aromatic heterocycles. The minimum Gasteiger partial charge on any atom is -0.470 e. The Morgan fingerprint density at radius 1 is 1.18 bits per heavy atom. The summed E-state index contributed by atoms with van der Waals surface area (Å²) < 4.78 is 5.75. The lowest BCUT2D eigenvalue weighted by molar-refractivity contribution is 0.217. The lowest BCUT2D eigenvalue weighted by atomic mass is 10.1. The number of hydrogen-bond donors (Lipinski definition) is 1. The van der Waals surface area contributed by atoms with E-state index in [-0.39, 0.29) is 6.10 Å². The van der Waals surface area contributed by atoms with Gasteiger partial charge in [0.2, 0.25) is 5.88 Å². The van der Waals surface area contributed by atoms with Crippen molar-refractivity contribution in [1.82, 2.24) is 9.97 Å². The topological polar surface area (TPSA) is 47.0 Å². The standard InChI is InChI=1S/C13H15N3O/c1-10(11-6-4-3-5-7-11)17-13-8-12(14-2)15-9-16-13/h3-10H,1-2H3,(H,14,15,16). The summed E-state index contributed by atoms with van der Waals surface area (Å²) in [6.07, 6.45) is 1.45. The predicted molar refractivity (Wildman–Crippen MR) is 67.1 cm³/mol. The van der Waals surface area contributed by atoms with Crippen LogP contribution in [0.3, 0.4) is 0 Å². The van der Waals surface area contributed by atoms with Crippen molar-refractivity contribution in [2.45, 2.75) is 13.0 Å². The van der Waals surface area contributed by atoms with Crippen LogP contribution in [0, 0.1) is 0 Å². The van der Waals surface area contributed by atoms with Crippen molar-refractivity contribution in [3.63, 3.8) is 0 Å². The summed E-state index contributed by atoms with van der Waals surface area (Å²) in [5.74, 6) is 1.32. The zero-order valence-electron chi connectivity index (χ0n) is 9.92. The fourth-order valence-corrected chi connectivity index (χ4v) is 1.51. The molecule has 4 heteroatoms. The Kier molecular flexibility index (Phi) is 3.55. The Labute approximate surface area is 101 Å². The maximum Gasteiger partial charge on any atom is 0.219 e. The van der Waals surface area contributed by atoms with Crippen molar-refractivity contribution in [2.24, 2.45) is 0 Å². The Bertz CT molecular complexity index is 473. The third kappa shape index (κ3) is 2.93. The van der Waals surface area contributed by atoms with E-state index in [1.54, 1.807) is 6.07 Å². The average molecular weight is 229 g/mol. The second-order valence-corrected chi connectivity index (χ2v) is 3.66. The van der Waals surface area contributed by atoms with E-state index in [0.717, 1.165) is 11.4 Å². The SMILES string of the molecule is CNc1cc(OC(C)c2ccccc2)ncn1. The lowest BCUT2D eigenvalue weighted by Crippen LogP contribution is -2.05. The molecule has 0 aliphatic carbocycles. The zero-order chi connectivity index (χ0) is 12.1. The molecule has 1 atom stereocenters. The summed E-state index contributed by atoms with van der Waals surface area (Å²) in [5.41, 5.74) is 1.12. The summed E-state index contributed by atoms with van der Waals surface area (Å²) in [5, 5.41) is 2.95. The highest BCUT2D eigenvalue weighted by atomic mass is 16.5. The van der Waals surface area contributed by atoms with Gasteiger partial charge >= 0.3 is 0 Å². The number of rotatable bonds is 4. The van der Waals surface area contributed by atoms with Crippen molar-refractivity contribution < 1.29 is 4.74 Å². The second kappa shape index (κ2) is 5.30. The molecule has 1 aromatic carbocycles. The van der Waals surface area contributed by atoms with Crippen LogP contribution in [-0.2, 0) is 0 Å².